The third-order valence-electron chi connectivity index (χ3n) is 3.84. The number of hydrogen-bond acceptors (Lipinski definition) is 5. The summed E-state index contributed by atoms with van der Waals surface area (Å²) in [5.74, 6) is -0.807. The van der Waals surface area contributed by atoms with E-state index in [4.69, 9.17) is 16.3 Å². The van der Waals surface area contributed by atoms with Crippen molar-refractivity contribution in [2.45, 2.75) is 39.5 Å². The molecular formula is C17H23ClN2O5. The molecule has 7 nitrogen and oxygen atoms in total. The Labute approximate surface area is 151 Å². The average Bonchev–Trinajstić information content (AvgIpc) is 2.59. The van der Waals surface area contributed by atoms with E-state index in [0.29, 0.717) is 12.5 Å². The minimum absolute atomic E-state index is 0.0294. The molecule has 25 heavy (non-hydrogen) atoms. The molecule has 0 aliphatic heterocycles. The molecule has 0 radical (unpaired) electrons. The number of esters is 1. The van der Waals surface area contributed by atoms with Crippen molar-refractivity contribution in [1.82, 2.24) is 5.32 Å². The number of amides is 1. The van der Waals surface area contributed by atoms with Crippen LogP contribution in [0.2, 0.25) is 5.02 Å². The molecule has 0 saturated carbocycles. The highest BCUT2D eigenvalue weighted by Crippen LogP contribution is 2.25. The first-order chi connectivity index (χ1) is 11.9. The minimum atomic E-state index is -0.812. The van der Waals surface area contributed by atoms with E-state index < -0.39 is 23.4 Å². The van der Waals surface area contributed by atoms with Gasteiger partial charge in [0.2, 0.25) is 0 Å². The van der Waals surface area contributed by atoms with Crippen molar-refractivity contribution in [3.8, 4) is 0 Å². The van der Waals surface area contributed by atoms with E-state index in [1.807, 2.05) is 0 Å². The van der Waals surface area contributed by atoms with Gasteiger partial charge in [-0.3, -0.25) is 14.9 Å². The molecule has 0 bridgehead atoms. The Morgan fingerprint density at radius 1 is 1.36 bits per heavy atom. The van der Waals surface area contributed by atoms with Crippen LogP contribution >= 0.6 is 11.6 Å². The Morgan fingerprint density at radius 3 is 2.68 bits per heavy atom. The van der Waals surface area contributed by atoms with Gasteiger partial charge in [-0.1, -0.05) is 44.7 Å². The largest absolute Gasteiger partial charge is 0.452 e. The summed E-state index contributed by atoms with van der Waals surface area (Å²) >= 11 is 5.69. The van der Waals surface area contributed by atoms with Crippen LogP contribution in [0.15, 0.2) is 18.2 Å². The number of unbranched alkanes of at least 4 members (excludes halogenated alkanes) is 1. The highest BCUT2D eigenvalue weighted by molar-refractivity contribution is 6.32. The number of nitrogens with zero attached hydrogens (tertiary/aromatic N) is 1. The summed E-state index contributed by atoms with van der Waals surface area (Å²) in [6.07, 6.45) is 4.23. The molecule has 0 saturated heterocycles. The van der Waals surface area contributed by atoms with Crippen molar-refractivity contribution in [3.05, 3.63) is 38.9 Å². The van der Waals surface area contributed by atoms with Crippen molar-refractivity contribution in [3.63, 3.8) is 0 Å². The van der Waals surface area contributed by atoms with Gasteiger partial charge < -0.3 is 10.1 Å². The summed E-state index contributed by atoms with van der Waals surface area (Å²) in [5.41, 5.74) is -0.416. The van der Waals surface area contributed by atoms with Crippen LogP contribution in [0.3, 0.4) is 0 Å². The van der Waals surface area contributed by atoms with Gasteiger partial charge in [0.05, 0.1) is 10.5 Å². The smallest absolute Gasteiger partial charge is 0.338 e. The van der Waals surface area contributed by atoms with Gasteiger partial charge >= 0.3 is 5.97 Å². The fourth-order valence-corrected chi connectivity index (χ4v) is 2.43. The number of benzene rings is 1. The first-order valence-corrected chi connectivity index (χ1v) is 8.64. The van der Waals surface area contributed by atoms with E-state index in [0.717, 1.165) is 31.7 Å². The molecular weight excluding hydrogens is 348 g/mol. The highest BCUT2D eigenvalue weighted by Gasteiger charge is 2.18. The van der Waals surface area contributed by atoms with Crippen LogP contribution in [0.4, 0.5) is 5.69 Å². The Bertz CT molecular complexity index is 621. The maximum Gasteiger partial charge on any atom is 0.338 e. The standard InChI is InChI=1S/C17H23ClN2O5/c1-3-5-6-12(4-2)10-19-16(21)11-25-17(22)13-7-8-14(18)15(9-13)20(23)24/h7-9,12H,3-6,10-11H2,1-2H3,(H,19,21)/t12-/m1/s1. The second-order valence-corrected chi connectivity index (χ2v) is 6.13. The van der Waals surface area contributed by atoms with Crippen LogP contribution in [0, 0.1) is 16.0 Å². The monoisotopic (exact) mass is 370 g/mol. The lowest BCUT2D eigenvalue weighted by molar-refractivity contribution is -0.384. The van der Waals surface area contributed by atoms with Crippen molar-refractivity contribution in [2.75, 3.05) is 13.2 Å². The summed E-state index contributed by atoms with van der Waals surface area (Å²) in [7, 11) is 0. The highest BCUT2D eigenvalue weighted by atomic mass is 35.5. The topological polar surface area (TPSA) is 98.5 Å². The van der Waals surface area contributed by atoms with E-state index in [1.165, 1.54) is 12.1 Å². The number of nitro groups is 1. The quantitative estimate of drug-likeness (QED) is 0.384. The Morgan fingerprint density at radius 2 is 2.08 bits per heavy atom. The van der Waals surface area contributed by atoms with Gasteiger partial charge in [-0.05, 0) is 24.5 Å². The van der Waals surface area contributed by atoms with Gasteiger partial charge in [0, 0.05) is 12.6 Å². The fourth-order valence-electron chi connectivity index (χ4n) is 2.25. The van der Waals surface area contributed by atoms with Crippen LogP contribution in [0.5, 0.6) is 0 Å². The van der Waals surface area contributed by atoms with Crippen molar-refractivity contribution >= 4 is 29.2 Å². The lowest BCUT2D eigenvalue weighted by Crippen LogP contribution is -2.32. The number of carbonyl (C=O) groups excluding carboxylic acids is 2. The summed E-state index contributed by atoms with van der Waals surface area (Å²) < 4.78 is 4.89. The maximum atomic E-state index is 11.9. The van der Waals surface area contributed by atoms with Crippen LogP contribution in [0.25, 0.3) is 0 Å². The predicted molar refractivity (Wildman–Crippen MR) is 94.7 cm³/mol. The molecule has 0 aromatic heterocycles. The lowest BCUT2D eigenvalue weighted by Gasteiger charge is -2.15. The number of carbonyl (C=O) groups is 2. The number of ether oxygens (including phenoxy) is 1. The molecule has 0 aliphatic rings. The van der Waals surface area contributed by atoms with E-state index in [1.54, 1.807) is 0 Å². The van der Waals surface area contributed by atoms with E-state index >= 15 is 0 Å². The van der Waals surface area contributed by atoms with Gasteiger partial charge in [-0.15, -0.1) is 0 Å². The van der Waals surface area contributed by atoms with E-state index in [2.05, 4.69) is 19.2 Å². The minimum Gasteiger partial charge on any atom is -0.452 e. The molecule has 0 fully saturated rings. The molecule has 1 amide bonds. The number of halogens is 1. The van der Waals surface area contributed by atoms with Gasteiger partial charge in [-0.25, -0.2) is 4.79 Å². The van der Waals surface area contributed by atoms with Gasteiger partial charge in [0.1, 0.15) is 5.02 Å². The van der Waals surface area contributed by atoms with Crippen LogP contribution in [-0.2, 0) is 9.53 Å². The number of nitrogens with one attached hydrogen (secondary N) is 1. The predicted octanol–water partition coefficient (Wildman–Crippen LogP) is 3.74. The zero-order valence-corrected chi connectivity index (χ0v) is 15.2. The second-order valence-electron chi connectivity index (χ2n) is 5.72. The summed E-state index contributed by atoms with van der Waals surface area (Å²) in [6, 6.07) is 3.59. The lowest BCUT2D eigenvalue weighted by atomic mass is 9.99. The molecule has 0 unspecified atom stereocenters. The zero-order valence-electron chi connectivity index (χ0n) is 14.4. The van der Waals surface area contributed by atoms with Crippen molar-refractivity contribution < 1.29 is 19.2 Å². The third-order valence-corrected chi connectivity index (χ3v) is 4.16. The number of rotatable bonds is 10. The first kappa shape index (κ1) is 20.9. The average molecular weight is 371 g/mol. The van der Waals surface area contributed by atoms with E-state index in [-0.39, 0.29) is 16.3 Å². The molecule has 1 rings (SSSR count). The fraction of sp³-hybridized carbons (Fsp3) is 0.529. The first-order valence-electron chi connectivity index (χ1n) is 8.26. The Hall–Kier alpha value is -2.15. The SMILES string of the molecule is CCCC[C@@H](CC)CNC(=O)COC(=O)c1ccc(Cl)c([N+](=O)[O-])c1. The van der Waals surface area contributed by atoms with E-state index in [9.17, 15) is 19.7 Å². The second kappa shape index (κ2) is 10.7. The van der Waals surface area contributed by atoms with Crippen LogP contribution < -0.4 is 5.32 Å². The Kier molecular flexibility index (Phi) is 8.91. The van der Waals surface area contributed by atoms with Crippen LogP contribution in [0.1, 0.15) is 49.9 Å². The normalized spacial score (nSPS) is 11.6. The molecule has 1 aromatic carbocycles. The third kappa shape index (κ3) is 7.09. The number of nitro benzene ring substituents is 1. The summed E-state index contributed by atoms with van der Waals surface area (Å²) in [4.78, 5) is 33.8. The maximum absolute atomic E-state index is 11.9. The Balaban J connectivity index is 2.49. The van der Waals surface area contributed by atoms with Crippen molar-refractivity contribution in [2.24, 2.45) is 5.92 Å². The molecule has 1 atom stereocenters. The molecule has 8 heteroatoms. The zero-order chi connectivity index (χ0) is 18.8. The molecule has 1 N–H and O–H groups in total. The van der Waals surface area contributed by atoms with Gasteiger partial charge in [0.25, 0.3) is 11.6 Å². The van der Waals surface area contributed by atoms with Crippen LogP contribution in [-0.4, -0.2) is 30.0 Å². The molecule has 1 aromatic rings. The molecule has 138 valence electrons. The molecule has 0 aliphatic carbocycles. The van der Waals surface area contributed by atoms with Crippen molar-refractivity contribution in [1.29, 1.82) is 0 Å². The molecule has 0 spiro atoms. The summed E-state index contributed by atoms with van der Waals surface area (Å²) in [6.45, 7) is 4.30. The van der Waals surface area contributed by atoms with Gasteiger partial charge in [0.15, 0.2) is 6.61 Å². The van der Waals surface area contributed by atoms with Gasteiger partial charge in [-0.2, -0.15) is 0 Å². The number of hydrogen-bond donors (Lipinski definition) is 1. The summed E-state index contributed by atoms with van der Waals surface area (Å²) in [5, 5.41) is 13.5. The molecule has 0 heterocycles.